The van der Waals surface area contributed by atoms with Gasteiger partial charge in [-0.15, -0.1) is 0 Å². The summed E-state index contributed by atoms with van der Waals surface area (Å²) in [4.78, 5) is 42.9. The van der Waals surface area contributed by atoms with Crippen LogP contribution in [-0.4, -0.2) is 33.3 Å². The highest BCUT2D eigenvalue weighted by Gasteiger charge is 2.58. The van der Waals surface area contributed by atoms with Crippen LogP contribution >= 0.6 is 15.9 Å². The van der Waals surface area contributed by atoms with Gasteiger partial charge in [-0.2, -0.15) is 0 Å². The number of carbonyl (C=O) groups is 3. The number of ketones is 1. The molecule has 1 aromatic carbocycles. The molecule has 0 saturated heterocycles. The number of carboxylic acid groups (broad SMARTS) is 1. The summed E-state index contributed by atoms with van der Waals surface area (Å²) in [5.41, 5.74) is 1.59. The van der Waals surface area contributed by atoms with Crippen LogP contribution in [0.1, 0.15) is 60.6 Å². The molecule has 3 saturated carbocycles. The smallest absolute Gasteiger partial charge is 0.317 e. The fourth-order valence-corrected chi connectivity index (χ4v) is 5.52. The first-order valence-electron chi connectivity index (χ1n) is 10.6. The second-order valence-corrected chi connectivity index (χ2v) is 9.84. The van der Waals surface area contributed by atoms with Gasteiger partial charge < -0.3 is 10.4 Å². The number of allylic oxidation sites excluding steroid dienone is 3. The maximum Gasteiger partial charge on any atom is 0.317 e. The van der Waals surface area contributed by atoms with Gasteiger partial charge >= 0.3 is 5.97 Å². The Hall–Kier alpha value is -2.80. The van der Waals surface area contributed by atoms with Crippen molar-refractivity contribution in [3.63, 3.8) is 0 Å². The molecule has 2 bridgehead atoms. The highest BCUT2D eigenvalue weighted by molar-refractivity contribution is 9.10. The Kier molecular flexibility index (Phi) is 5.57. The molecule has 0 unspecified atom stereocenters. The summed E-state index contributed by atoms with van der Waals surface area (Å²) in [6.45, 7) is 7.55. The summed E-state index contributed by atoms with van der Waals surface area (Å²) in [6.07, 6.45) is 5.07. The van der Waals surface area contributed by atoms with Gasteiger partial charge in [-0.3, -0.25) is 14.4 Å². The monoisotopic (exact) mass is 496 g/mol. The van der Waals surface area contributed by atoms with Crippen molar-refractivity contribution < 1.29 is 19.5 Å². The van der Waals surface area contributed by atoms with Crippen molar-refractivity contribution in [2.75, 3.05) is 0 Å². The molecule has 3 aliphatic rings. The van der Waals surface area contributed by atoms with E-state index >= 15 is 0 Å². The number of carbonyl (C=O) groups excluding carboxylic acids is 2. The fourth-order valence-electron chi connectivity index (χ4n) is 5.16. The van der Waals surface area contributed by atoms with Crippen LogP contribution in [0.25, 0.3) is 16.5 Å². The molecule has 0 radical (unpaired) electrons. The van der Waals surface area contributed by atoms with E-state index in [0.717, 1.165) is 26.7 Å². The number of amides is 1. The molecule has 1 heterocycles. The standard InChI is InChI=1S/C25H25BrN2O4/c1-4-5-14(2)21-15(3)20(17-12-16(26)6-7-18(17)27-21)22(30)28-24-8-10-25(11-9-24,23(31)32)19(29)13-24/h4-7,12H,1,8-11,13H2,2-3H3,(H,28,30)(H,31,32)/b14-5+. The molecular weight excluding hydrogens is 472 g/mol. The maximum absolute atomic E-state index is 13.7. The molecule has 166 valence electrons. The normalized spacial score (nSPS) is 25.1. The van der Waals surface area contributed by atoms with Gasteiger partial charge in [0.15, 0.2) is 5.78 Å². The number of halogens is 1. The van der Waals surface area contributed by atoms with Gasteiger partial charge in [-0.1, -0.05) is 34.7 Å². The molecule has 3 aliphatic carbocycles. The Morgan fingerprint density at radius 1 is 1.25 bits per heavy atom. The number of fused-ring (bicyclic) bond motifs is 4. The zero-order chi connectivity index (χ0) is 23.3. The minimum absolute atomic E-state index is 0.0546. The molecule has 5 rings (SSSR count). The van der Waals surface area contributed by atoms with Crippen LogP contribution in [0.4, 0.5) is 0 Å². The third kappa shape index (κ3) is 3.48. The van der Waals surface area contributed by atoms with E-state index in [0.29, 0.717) is 23.9 Å². The number of nitrogens with zero attached hydrogens (tertiary/aromatic N) is 1. The number of rotatable bonds is 5. The van der Waals surface area contributed by atoms with E-state index in [1.165, 1.54) is 0 Å². The van der Waals surface area contributed by atoms with Gasteiger partial charge in [-0.05, 0) is 68.9 Å². The van der Waals surface area contributed by atoms with E-state index < -0.39 is 16.9 Å². The lowest BCUT2D eigenvalue weighted by Gasteiger charge is -2.50. The van der Waals surface area contributed by atoms with Crippen LogP contribution in [0.3, 0.4) is 0 Å². The van der Waals surface area contributed by atoms with Gasteiger partial charge in [0, 0.05) is 21.8 Å². The Morgan fingerprint density at radius 3 is 2.53 bits per heavy atom. The SMILES string of the molecule is C=C/C=C(\C)c1nc2ccc(Br)cc2c(C(=O)NC23CCC(C(=O)O)(CC2)C(=O)C3)c1C. The summed E-state index contributed by atoms with van der Waals surface area (Å²) in [5.74, 6) is -1.59. The predicted octanol–water partition coefficient (Wildman–Crippen LogP) is 4.98. The Labute approximate surface area is 194 Å². The predicted molar refractivity (Wildman–Crippen MR) is 126 cm³/mol. The average Bonchev–Trinajstić information content (AvgIpc) is 2.73. The minimum Gasteiger partial charge on any atom is -0.480 e. The molecule has 3 fully saturated rings. The first kappa shape index (κ1) is 22.4. The van der Waals surface area contributed by atoms with E-state index in [9.17, 15) is 19.5 Å². The van der Waals surface area contributed by atoms with Crippen LogP contribution in [0.15, 0.2) is 41.4 Å². The average molecular weight is 497 g/mol. The number of benzene rings is 1. The molecule has 1 aromatic heterocycles. The Morgan fingerprint density at radius 2 is 1.94 bits per heavy atom. The van der Waals surface area contributed by atoms with Gasteiger partial charge in [-0.25, -0.2) is 4.98 Å². The lowest BCUT2D eigenvalue weighted by Crippen LogP contribution is -2.62. The number of Topliss-reactive ketones (excluding diaryl/α,β-unsaturated/α-hetero) is 1. The first-order valence-corrected chi connectivity index (χ1v) is 11.4. The van der Waals surface area contributed by atoms with E-state index in [1.54, 1.807) is 6.08 Å². The Bertz CT molecular complexity index is 1210. The van der Waals surface area contributed by atoms with Crippen LogP contribution in [0.5, 0.6) is 0 Å². The number of nitrogens with one attached hydrogen (secondary N) is 1. The zero-order valence-corrected chi connectivity index (χ0v) is 19.7. The molecule has 32 heavy (non-hydrogen) atoms. The van der Waals surface area contributed by atoms with Crippen molar-refractivity contribution in [1.82, 2.24) is 10.3 Å². The van der Waals surface area contributed by atoms with Crippen molar-refractivity contribution >= 4 is 50.1 Å². The number of hydrogen-bond acceptors (Lipinski definition) is 4. The van der Waals surface area contributed by atoms with Gasteiger partial charge in [0.2, 0.25) is 0 Å². The molecule has 2 aromatic rings. The van der Waals surface area contributed by atoms with Crippen LogP contribution < -0.4 is 5.32 Å². The van der Waals surface area contributed by atoms with Crippen molar-refractivity contribution in [2.24, 2.45) is 5.41 Å². The summed E-state index contributed by atoms with van der Waals surface area (Å²) in [7, 11) is 0. The first-order chi connectivity index (χ1) is 15.1. The minimum atomic E-state index is -1.28. The van der Waals surface area contributed by atoms with Gasteiger partial charge in [0.1, 0.15) is 5.41 Å². The van der Waals surface area contributed by atoms with E-state index in [-0.39, 0.29) is 31.0 Å². The third-order valence-electron chi connectivity index (χ3n) is 7.04. The molecule has 0 spiro atoms. The molecule has 6 nitrogen and oxygen atoms in total. The highest BCUT2D eigenvalue weighted by atomic mass is 79.9. The van der Waals surface area contributed by atoms with Crippen molar-refractivity contribution in [3.8, 4) is 0 Å². The van der Waals surface area contributed by atoms with Gasteiger partial charge in [0.05, 0.1) is 16.8 Å². The molecule has 0 atom stereocenters. The zero-order valence-electron chi connectivity index (χ0n) is 18.1. The highest BCUT2D eigenvalue weighted by Crippen LogP contribution is 2.50. The lowest BCUT2D eigenvalue weighted by molar-refractivity contribution is -0.163. The second kappa shape index (κ2) is 7.96. The second-order valence-electron chi connectivity index (χ2n) is 8.93. The topological polar surface area (TPSA) is 96.4 Å². The van der Waals surface area contributed by atoms with E-state index in [4.69, 9.17) is 4.98 Å². The van der Waals surface area contributed by atoms with Crippen molar-refractivity contribution in [3.05, 3.63) is 58.2 Å². The molecular formula is C25H25BrN2O4. The van der Waals surface area contributed by atoms with Gasteiger partial charge in [0.25, 0.3) is 5.91 Å². The summed E-state index contributed by atoms with van der Waals surface area (Å²) >= 11 is 3.48. The quantitative estimate of drug-likeness (QED) is 0.449. The van der Waals surface area contributed by atoms with Crippen LogP contribution in [-0.2, 0) is 9.59 Å². The fraction of sp³-hybridized carbons (Fsp3) is 0.360. The van der Waals surface area contributed by atoms with Crippen LogP contribution in [0, 0.1) is 12.3 Å². The van der Waals surface area contributed by atoms with E-state index in [2.05, 4.69) is 27.8 Å². The number of carboxylic acids is 1. The molecule has 0 aliphatic heterocycles. The third-order valence-corrected chi connectivity index (χ3v) is 7.53. The summed E-state index contributed by atoms with van der Waals surface area (Å²) in [6, 6.07) is 5.62. The molecule has 7 heteroatoms. The van der Waals surface area contributed by atoms with E-state index in [1.807, 2.05) is 38.1 Å². The largest absolute Gasteiger partial charge is 0.480 e. The number of aliphatic carboxylic acids is 1. The molecule has 1 amide bonds. The summed E-state index contributed by atoms with van der Waals surface area (Å²) < 4.78 is 0.835. The maximum atomic E-state index is 13.7. The summed E-state index contributed by atoms with van der Waals surface area (Å²) in [5, 5.41) is 13.5. The number of pyridine rings is 1. The Balaban J connectivity index is 1.77. The number of aromatic nitrogens is 1. The lowest BCUT2D eigenvalue weighted by atomic mass is 9.56. The molecule has 2 N–H and O–H groups in total. The van der Waals surface area contributed by atoms with Crippen molar-refractivity contribution in [1.29, 1.82) is 0 Å². The van der Waals surface area contributed by atoms with Crippen LogP contribution in [0.2, 0.25) is 0 Å². The number of hydrogen-bond donors (Lipinski definition) is 2. The van der Waals surface area contributed by atoms with Crippen molar-refractivity contribution in [2.45, 2.75) is 51.5 Å².